The summed E-state index contributed by atoms with van der Waals surface area (Å²) >= 11 is 1.39. The third-order valence-corrected chi connectivity index (χ3v) is 4.34. The van der Waals surface area contributed by atoms with E-state index in [-0.39, 0.29) is 18.1 Å². The fourth-order valence-corrected chi connectivity index (χ4v) is 3.13. The lowest BCUT2D eigenvalue weighted by atomic mass is 10.2. The Morgan fingerprint density at radius 2 is 2.17 bits per heavy atom. The minimum atomic E-state index is -0.288. The molecule has 0 saturated carbocycles. The molecule has 1 saturated heterocycles. The van der Waals surface area contributed by atoms with Gasteiger partial charge < -0.3 is 9.47 Å². The first-order valence-electron chi connectivity index (χ1n) is 7.50. The van der Waals surface area contributed by atoms with Crippen LogP contribution in [0.4, 0.5) is 5.13 Å². The van der Waals surface area contributed by atoms with E-state index in [9.17, 15) is 4.79 Å². The first-order chi connectivity index (χ1) is 11.0. The molecule has 1 aliphatic rings. The number of rotatable bonds is 4. The largest absolute Gasteiger partial charge is 0.488 e. The Bertz CT molecular complexity index is 716. The van der Waals surface area contributed by atoms with Crippen LogP contribution in [0.5, 0.6) is 5.75 Å². The summed E-state index contributed by atoms with van der Waals surface area (Å²) in [5.74, 6) is 0.351. The Labute approximate surface area is 138 Å². The SMILES string of the molecule is Cc1cc(O[C@@H]2CO[C@@H](C)C2)cc(C(=O)Nc2nc(C)cs2)n1. The molecule has 1 fully saturated rings. The maximum absolute atomic E-state index is 12.3. The van der Waals surface area contributed by atoms with Crippen LogP contribution in [-0.2, 0) is 4.74 Å². The van der Waals surface area contributed by atoms with Crippen molar-refractivity contribution < 1.29 is 14.3 Å². The van der Waals surface area contributed by atoms with Gasteiger partial charge in [0.15, 0.2) is 5.13 Å². The summed E-state index contributed by atoms with van der Waals surface area (Å²) in [6.45, 7) is 6.32. The van der Waals surface area contributed by atoms with Crippen molar-refractivity contribution in [3.63, 3.8) is 0 Å². The van der Waals surface area contributed by atoms with Crippen molar-refractivity contribution >= 4 is 22.4 Å². The van der Waals surface area contributed by atoms with Crippen molar-refractivity contribution in [3.05, 3.63) is 34.6 Å². The summed E-state index contributed by atoms with van der Waals surface area (Å²) in [4.78, 5) is 20.8. The molecule has 6 nitrogen and oxygen atoms in total. The molecular formula is C16H19N3O3S. The number of carbonyl (C=O) groups is 1. The number of aryl methyl sites for hydroxylation is 2. The standard InChI is InChI=1S/C16H19N3O3S/c1-9-4-12(22-13-5-11(3)21-7-13)6-14(17-9)15(20)19-16-18-10(2)8-23-16/h4,6,8,11,13H,5,7H2,1-3H3,(H,18,19,20)/t11-,13-/m0/s1. The zero-order valence-corrected chi connectivity index (χ0v) is 14.1. The highest BCUT2D eigenvalue weighted by Crippen LogP contribution is 2.22. The zero-order chi connectivity index (χ0) is 16.4. The van der Waals surface area contributed by atoms with Gasteiger partial charge in [0.05, 0.1) is 18.4 Å². The summed E-state index contributed by atoms with van der Waals surface area (Å²) in [5, 5.41) is 5.21. The number of carbonyl (C=O) groups excluding carboxylic acids is 1. The molecule has 23 heavy (non-hydrogen) atoms. The quantitative estimate of drug-likeness (QED) is 0.931. The second kappa shape index (κ2) is 6.64. The van der Waals surface area contributed by atoms with Gasteiger partial charge in [0.25, 0.3) is 5.91 Å². The van der Waals surface area contributed by atoms with Crippen LogP contribution >= 0.6 is 11.3 Å². The van der Waals surface area contributed by atoms with Crippen LogP contribution in [0.25, 0.3) is 0 Å². The summed E-state index contributed by atoms with van der Waals surface area (Å²) in [6.07, 6.45) is 1.07. The Morgan fingerprint density at radius 3 is 2.83 bits per heavy atom. The number of aromatic nitrogens is 2. The normalized spacial score (nSPS) is 20.5. The number of thiazole rings is 1. The summed E-state index contributed by atoms with van der Waals surface area (Å²) < 4.78 is 11.4. The van der Waals surface area contributed by atoms with Crippen LogP contribution in [0.15, 0.2) is 17.5 Å². The average Bonchev–Trinajstić information content (AvgIpc) is 3.07. The Kier molecular flexibility index (Phi) is 4.58. The van der Waals surface area contributed by atoms with Gasteiger partial charge in [0.1, 0.15) is 17.5 Å². The molecule has 7 heteroatoms. The molecule has 3 heterocycles. The van der Waals surface area contributed by atoms with Gasteiger partial charge in [-0.1, -0.05) is 0 Å². The van der Waals surface area contributed by atoms with Gasteiger partial charge in [-0.2, -0.15) is 0 Å². The number of nitrogens with one attached hydrogen (secondary N) is 1. The molecule has 0 bridgehead atoms. The average molecular weight is 333 g/mol. The number of hydrogen-bond acceptors (Lipinski definition) is 6. The zero-order valence-electron chi connectivity index (χ0n) is 13.3. The molecular weight excluding hydrogens is 314 g/mol. The van der Waals surface area contributed by atoms with E-state index in [4.69, 9.17) is 9.47 Å². The molecule has 1 aliphatic heterocycles. The third-order valence-electron chi connectivity index (χ3n) is 3.46. The van der Waals surface area contributed by atoms with Crippen LogP contribution < -0.4 is 10.1 Å². The van der Waals surface area contributed by atoms with E-state index in [1.54, 1.807) is 6.07 Å². The van der Waals surface area contributed by atoms with Crippen LogP contribution in [0.2, 0.25) is 0 Å². The first-order valence-corrected chi connectivity index (χ1v) is 8.38. The van der Waals surface area contributed by atoms with Crippen molar-refractivity contribution in [1.82, 2.24) is 9.97 Å². The number of pyridine rings is 1. The molecule has 0 unspecified atom stereocenters. The lowest BCUT2D eigenvalue weighted by molar-refractivity contribution is 0.101. The Hall–Kier alpha value is -1.99. The molecule has 2 aromatic heterocycles. The van der Waals surface area contributed by atoms with E-state index < -0.39 is 0 Å². The molecule has 122 valence electrons. The first kappa shape index (κ1) is 15.9. The minimum absolute atomic E-state index is 0.0179. The maximum Gasteiger partial charge on any atom is 0.276 e. The van der Waals surface area contributed by atoms with Crippen molar-refractivity contribution in [2.75, 3.05) is 11.9 Å². The summed E-state index contributed by atoms with van der Waals surface area (Å²) in [6, 6.07) is 3.49. The van der Waals surface area contributed by atoms with E-state index in [1.165, 1.54) is 11.3 Å². The second-order valence-corrected chi connectivity index (χ2v) is 6.56. The van der Waals surface area contributed by atoms with E-state index in [0.717, 1.165) is 17.8 Å². The smallest absolute Gasteiger partial charge is 0.276 e. The second-order valence-electron chi connectivity index (χ2n) is 5.70. The molecule has 0 aliphatic carbocycles. The highest BCUT2D eigenvalue weighted by molar-refractivity contribution is 7.13. The van der Waals surface area contributed by atoms with E-state index in [2.05, 4.69) is 15.3 Å². The topological polar surface area (TPSA) is 73.3 Å². The lowest BCUT2D eigenvalue weighted by Gasteiger charge is -2.13. The monoisotopic (exact) mass is 333 g/mol. The van der Waals surface area contributed by atoms with Gasteiger partial charge in [0.2, 0.25) is 0 Å². The lowest BCUT2D eigenvalue weighted by Crippen LogP contribution is -2.18. The van der Waals surface area contributed by atoms with Crippen LogP contribution in [0.1, 0.15) is 35.2 Å². The van der Waals surface area contributed by atoms with Crippen LogP contribution in [-0.4, -0.2) is 34.7 Å². The number of nitrogens with zero attached hydrogens (tertiary/aromatic N) is 2. The molecule has 3 rings (SSSR count). The highest BCUT2D eigenvalue weighted by Gasteiger charge is 2.24. The molecule has 0 aromatic carbocycles. The van der Waals surface area contributed by atoms with Gasteiger partial charge in [-0.25, -0.2) is 9.97 Å². The van der Waals surface area contributed by atoms with Gasteiger partial charge in [0, 0.05) is 29.6 Å². The third kappa shape index (κ3) is 4.05. The van der Waals surface area contributed by atoms with Crippen LogP contribution in [0, 0.1) is 13.8 Å². The number of amides is 1. The predicted octanol–water partition coefficient (Wildman–Crippen LogP) is 2.96. The predicted molar refractivity (Wildman–Crippen MR) is 88.2 cm³/mol. The fraction of sp³-hybridized carbons (Fsp3) is 0.438. The number of anilines is 1. The molecule has 0 radical (unpaired) electrons. The Morgan fingerprint density at radius 1 is 1.35 bits per heavy atom. The van der Waals surface area contributed by atoms with Gasteiger partial charge in [-0.3, -0.25) is 10.1 Å². The van der Waals surface area contributed by atoms with Gasteiger partial charge in [-0.05, 0) is 20.8 Å². The van der Waals surface area contributed by atoms with Crippen molar-refractivity contribution in [1.29, 1.82) is 0 Å². The highest BCUT2D eigenvalue weighted by atomic mass is 32.1. The summed E-state index contributed by atoms with van der Waals surface area (Å²) in [7, 11) is 0. The maximum atomic E-state index is 12.3. The van der Waals surface area contributed by atoms with Gasteiger partial charge >= 0.3 is 0 Å². The van der Waals surface area contributed by atoms with Crippen molar-refractivity contribution in [3.8, 4) is 5.75 Å². The molecule has 2 aromatic rings. The van der Waals surface area contributed by atoms with Crippen molar-refractivity contribution in [2.45, 2.75) is 39.4 Å². The van der Waals surface area contributed by atoms with Crippen LogP contribution in [0.3, 0.4) is 0 Å². The Balaban J connectivity index is 1.72. The van der Waals surface area contributed by atoms with Gasteiger partial charge in [-0.15, -0.1) is 11.3 Å². The molecule has 1 amide bonds. The molecule has 1 N–H and O–H groups in total. The van der Waals surface area contributed by atoms with E-state index >= 15 is 0 Å². The fourth-order valence-electron chi connectivity index (χ4n) is 2.45. The summed E-state index contributed by atoms with van der Waals surface area (Å²) in [5.41, 5.74) is 1.93. The number of hydrogen-bond donors (Lipinski definition) is 1. The minimum Gasteiger partial charge on any atom is -0.488 e. The molecule has 2 atom stereocenters. The van der Waals surface area contributed by atoms with E-state index in [1.807, 2.05) is 32.2 Å². The van der Waals surface area contributed by atoms with Crippen molar-refractivity contribution in [2.24, 2.45) is 0 Å². The number of ether oxygens (including phenoxy) is 2. The molecule has 0 spiro atoms. The van der Waals surface area contributed by atoms with E-state index in [0.29, 0.717) is 23.2 Å².